The molecular weight excluding hydrogens is 448 g/mol. The molecule has 4 rings (SSSR count). The zero-order valence-electron chi connectivity index (χ0n) is 18.3. The van der Waals surface area contributed by atoms with Gasteiger partial charge in [-0.05, 0) is 60.9 Å². The first-order valence-corrected chi connectivity index (χ1v) is 11.5. The van der Waals surface area contributed by atoms with Crippen molar-refractivity contribution < 1.29 is 17.5 Å². The first-order valence-electron chi connectivity index (χ1n) is 10.4. The Morgan fingerprint density at radius 3 is 2.48 bits per heavy atom. The Balaban J connectivity index is 2.05. The molecule has 3 atom stereocenters. The highest BCUT2D eigenvalue weighted by Gasteiger charge is 2.27. The summed E-state index contributed by atoms with van der Waals surface area (Å²) in [4.78, 5) is 17.3. The SMILES string of the molecule is CCC1N=C(c2ccc(F)cc2)c2cc(F)c(C(C)NS(=O)[O-])cc2-c2cn(C)c(=O)cc21. The van der Waals surface area contributed by atoms with E-state index in [1.165, 1.54) is 28.8 Å². The van der Waals surface area contributed by atoms with E-state index in [-0.39, 0.29) is 17.2 Å². The maximum absolute atomic E-state index is 15.3. The van der Waals surface area contributed by atoms with Gasteiger partial charge in [0.05, 0.1) is 11.8 Å². The molecular formula is C24H22F2N3O3S-. The Kier molecular flexibility index (Phi) is 6.38. The summed E-state index contributed by atoms with van der Waals surface area (Å²) in [5.74, 6) is -1.01. The van der Waals surface area contributed by atoms with E-state index in [2.05, 4.69) is 4.72 Å². The maximum atomic E-state index is 15.3. The maximum Gasteiger partial charge on any atom is 0.250 e. The lowest BCUT2D eigenvalue weighted by Crippen LogP contribution is -2.22. The van der Waals surface area contributed by atoms with Crippen LogP contribution >= 0.6 is 0 Å². The van der Waals surface area contributed by atoms with Crippen molar-refractivity contribution in [3.05, 3.63) is 92.9 Å². The summed E-state index contributed by atoms with van der Waals surface area (Å²) in [6.07, 6.45) is 2.27. The fourth-order valence-corrected chi connectivity index (χ4v) is 4.55. The Morgan fingerprint density at radius 2 is 1.85 bits per heavy atom. The van der Waals surface area contributed by atoms with Crippen molar-refractivity contribution >= 4 is 17.0 Å². The van der Waals surface area contributed by atoms with Gasteiger partial charge in [-0.1, -0.05) is 6.92 Å². The molecule has 172 valence electrons. The third-order valence-corrected chi connectivity index (χ3v) is 6.38. The number of benzene rings is 2. The fraction of sp³-hybridized carbons (Fsp3) is 0.250. The number of aryl methyl sites for hydroxylation is 1. The zero-order chi connectivity index (χ0) is 23.9. The minimum atomic E-state index is -2.58. The van der Waals surface area contributed by atoms with Gasteiger partial charge >= 0.3 is 0 Å². The molecule has 1 aromatic heterocycles. The van der Waals surface area contributed by atoms with Gasteiger partial charge in [-0.3, -0.25) is 14.0 Å². The van der Waals surface area contributed by atoms with Crippen LogP contribution in [0.2, 0.25) is 0 Å². The topological polar surface area (TPSA) is 86.5 Å². The lowest BCUT2D eigenvalue weighted by Gasteiger charge is -2.20. The molecule has 0 aliphatic carbocycles. The molecule has 1 aliphatic heterocycles. The highest BCUT2D eigenvalue weighted by atomic mass is 32.2. The summed E-state index contributed by atoms with van der Waals surface area (Å²) < 4.78 is 54.9. The molecule has 0 fully saturated rings. The zero-order valence-corrected chi connectivity index (χ0v) is 19.1. The van der Waals surface area contributed by atoms with Gasteiger partial charge in [-0.15, -0.1) is 0 Å². The monoisotopic (exact) mass is 470 g/mol. The second-order valence-electron chi connectivity index (χ2n) is 7.99. The number of nitrogens with one attached hydrogen (secondary N) is 1. The van der Waals surface area contributed by atoms with Crippen molar-refractivity contribution in [2.75, 3.05) is 0 Å². The third-order valence-electron chi connectivity index (χ3n) is 5.83. The average molecular weight is 471 g/mol. The molecule has 6 nitrogen and oxygen atoms in total. The van der Waals surface area contributed by atoms with Gasteiger partial charge in [0, 0.05) is 58.9 Å². The van der Waals surface area contributed by atoms with Crippen molar-refractivity contribution in [3.63, 3.8) is 0 Å². The first-order chi connectivity index (χ1) is 15.7. The molecule has 0 saturated carbocycles. The Morgan fingerprint density at radius 1 is 1.15 bits per heavy atom. The minimum absolute atomic E-state index is 0.158. The van der Waals surface area contributed by atoms with Crippen molar-refractivity contribution in [2.24, 2.45) is 12.0 Å². The molecule has 0 radical (unpaired) electrons. The number of fused-ring (bicyclic) bond motifs is 3. The molecule has 0 spiro atoms. The van der Waals surface area contributed by atoms with E-state index in [0.29, 0.717) is 39.9 Å². The fourth-order valence-electron chi connectivity index (χ4n) is 4.14. The van der Waals surface area contributed by atoms with Crippen LogP contribution in [0.1, 0.15) is 54.6 Å². The van der Waals surface area contributed by atoms with E-state index < -0.39 is 28.9 Å². The largest absolute Gasteiger partial charge is 0.760 e. The minimum Gasteiger partial charge on any atom is -0.760 e. The summed E-state index contributed by atoms with van der Waals surface area (Å²) in [6, 6.07) is 9.04. The Labute approximate surface area is 192 Å². The van der Waals surface area contributed by atoms with Crippen LogP contribution in [0.5, 0.6) is 0 Å². The number of hydrogen-bond acceptors (Lipinski definition) is 4. The van der Waals surface area contributed by atoms with E-state index in [4.69, 9.17) is 4.99 Å². The number of aliphatic imine (C=N–C) groups is 1. The first kappa shape index (κ1) is 23.2. The second-order valence-corrected chi connectivity index (χ2v) is 8.70. The van der Waals surface area contributed by atoms with Crippen LogP contribution in [0.4, 0.5) is 8.78 Å². The number of aromatic nitrogens is 1. The van der Waals surface area contributed by atoms with E-state index in [0.717, 1.165) is 0 Å². The molecule has 9 heteroatoms. The van der Waals surface area contributed by atoms with Gasteiger partial charge in [-0.25, -0.2) is 13.5 Å². The lowest BCUT2D eigenvalue weighted by atomic mass is 9.89. The number of hydrogen-bond donors (Lipinski definition) is 1. The summed E-state index contributed by atoms with van der Waals surface area (Å²) in [7, 11) is 1.63. The van der Waals surface area contributed by atoms with Crippen LogP contribution < -0.4 is 10.3 Å². The molecule has 3 aromatic rings. The lowest BCUT2D eigenvalue weighted by molar-refractivity contribution is 0.506. The van der Waals surface area contributed by atoms with Crippen LogP contribution in [0.25, 0.3) is 11.1 Å². The van der Waals surface area contributed by atoms with Crippen LogP contribution in [0.15, 0.2) is 58.4 Å². The summed E-state index contributed by atoms with van der Waals surface area (Å²) in [5, 5.41) is 0. The standard InChI is InChI=1S/C24H23F2N3O3S/c1-4-22-18-11-23(30)29(3)12-20(18)17-9-16(13(2)28-33(31)32)21(26)10-19(17)24(27-22)14-5-7-15(25)8-6-14/h5-13,22,28H,4H2,1-3H3,(H,31,32)/p-1. The van der Waals surface area contributed by atoms with Crippen molar-refractivity contribution in [2.45, 2.75) is 32.4 Å². The number of rotatable bonds is 5. The third kappa shape index (κ3) is 4.44. The summed E-state index contributed by atoms with van der Waals surface area (Å²) in [5.41, 5.74) is 3.53. The van der Waals surface area contributed by atoms with Crippen LogP contribution in [0, 0.1) is 11.6 Å². The van der Waals surface area contributed by atoms with Gasteiger partial charge in [0.15, 0.2) is 0 Å². The number of halogens is 2. The normalized spacial score (nSPS) is 16.9. The molecule has 33 heavy (non-hydrogen) atoms. The molecule has 2 aromatic carbocycles. The summed E-state index contributed by atoms with van der Waals surface area (Å²) in [6.45, 7) is 3.48. The predicted octanol–water partition coefficient (Wildman–Crippen LogP) is 4.08. The summed E-state index contributed by atoms with van der Waals surface area (Å²) >= 11 is -2.58. The quantitative estimate of drug-likeness (QED) is 0.570. The van der Waals surface area contributed by atoms with Crippen LogP contribution in [-0.4, -0.2) is 19.0 Å². The Bertz CT molecular complexity index is 1340. The molecule has 2 heterocycles. The van der Waals surface area contributed by atoms with E-state index >= 15 is 4.39 Å². The second kappa shape index (κ2) is 9.09. The molecule has 0 amide bonds. The van der Waals surface area contributed by atoms with E-state index in [1.54, 1.807) is 38.4 Å². The van der Waals surface area contributed by atoms with Crippen LogP contribution in [0.3, 0.4) is 0 Å². The van der Waals surface area contributed by atoms with Crippen molar-refractivity contribution in [3.8, 4) is 11.1 Å². The predicted molar refractivity (Wildman–Crippen MR) is 123 cm³/mol. The molecule has 1 aliphatic rings. The van der Waals surface area contributed by atoms with E-state index in [9.17, 15) is 17.9 Å². The van der Waals surface area contributed by atoms with Gasteiger partial charge in [-0.2, -0.15) is 0 Å². The van der Waals surface area contributed by atoms with Gasteiger partial charge in [0.1, 0.15) is 11.6 Å². The molecule has 3 unspecified atom stereocenters. The van der Waals surface area contributed by atoms with Gasteiger partial charge in [0.25, 0.3) is 5.56 Å². The highest BCUT2D eigenvalue weighted by Crippen LogP contribution is 2.40. The van der Waals surface area contributed by atoms with Crippen molar-refractivity contribution in [1.29, 1.82) is 0 Å². The van der Waals surface area contributed by atoms with Crippen LogP contribution in [-0.2, 0) is 18.3 Å². The number of pyridine rings is 1. The molecule has 0 bridgehead atoms. The smallest absolute Gasteiger partial charge is 0.250 e. The highest BCUT2D eigenvalue weighted by molar-refractivity contribution is 7.77. The van der Waals surface area contributed by atoms with Gasteiger partial charge in [0.2, 0.25) is 0 Å². The molecule has 1 N–H and O–H groups in total. The van der Waals surface area contributed by atoms with Gasteiger partial charge < -0.3 is 9.12 Å². The molecule has 0 saturated heterocycles. The Hall–Kier alpha value is -3.01. The van der Waals surface area contributed by atoms with Crippen molar-refractivity contribution in [1.82, 2.24) is 9.29 Å². The number of nitrogens with zero attached hydrogens (tertiary/aromatic N) is 2. The van der Waals surface area contributed by atoms with E-state index in [1.807, 2.05) is 6.92 Å². The average Bonchev–Trinajstić information content (AvgIpc) is 2.88.